The number of benzene rings is 2. The molecule has 0 saturated heterocycles. The number of aromatic amines is 1. The van der Waals surface area contributed by atoms with Gasteiger partial charge in [-0.3, -0.25) is 4.79 Å². The Morgan fingerprint density at radius 3 is 2.50 bits per heavy atom. The van der Waals surface area contributed by atoms with Crippen LogP contribution in [0, 0.1) is 5.92 Å². The van der Waals surface area contributed by atoms with Crippen LogP contribution in [0.4, 0.5) is 0 Å². The van der Waals surface area contributed by atoms with Gasteiger partial charge in [-0.1, -0.05) is 56.3 Å². The topological polar surface area (TPSA) is 57.8 Å². The van der Waals surface area contributed by atoms with Crippen LogP contribution < -0.4 is 5.32 Å². The lowest BCUT2D eigenvalue weighted by molar-refractivity contribution is -0.122. The second kappa shape index (κ2) is 7.30. The van der Waals surface area contributed by atoms with Crippen LogP contribution in [-0.4, -0.2) is 15.9 Å². The molecule has 1 heterocycles. The van der Waals surface area contributed by atoms with E-state index in [-0.39, 0.29) is 17.9 Å². The van der Waals surface area contributed by atoms with Crippen molar-refractivity contribution in [1.29, 1.82) is 0 Å². The van der Waals surface area contributed by atoms with Crippen LogP contribution in [0.2, 0.25) is 0 Å². The zero-order valence-electron chi connectivity index (χ0n) is 14.1. The van der Waals surface area contributed by atoms with E-state index in [0.717, 1.165) is 23.3 Å². The van der Waals surface area contributed by atoms with Crippen LogP contribution in [0.1, 0.15) is 37.7 Å². The lowest BCUT2D eigenvalue weighted by atomic mass is 10.0. The summed E-state index contributed by atoms with van der Waals surface area (Å²) in [6.07, 6.45) is 1.23. The van der Waals surface area contributed by atoms with E-state index in [1.54, 1.807) is 0 Å². The van der Waals surface area contributed by atoms with Gasteiger partial charge < -0.3 is 10.3 Å². The number of rotatable bonds is 6. The van der Waals surface area contributed by atoms with E-state index in [9.17, 15) is 4.79 Å². The zero-order chi connectivity index (χ0) is 16.9. The smallest absolute Gasteiger partial charge is 0.220 e. The van der Waals surface area contributed by atoms with Gasteiger partial charge in [-0.05, 0) is 30.0 Å². The molecule has 3 aromatic rings. The van der Waals surface area contributed by atoms with Crippen LogP contribution in [0.3, 0.4) is 0 Å². The van der Waals surface area contributed by atoms with Gasteiger partial charge >= 0.3 is 0 Å². The van der Waals surface area contributed by atoms with Crippen LogP contribution >= 0.6 is 0 Å². The molecule has 0 bridgehead atoms. The number of nitrogens with one attached hydrogen (secondary N) is 2. The monoisotopic (exact) mass is 321 g/mol. The van der Waals surface area contributed by atoms with Crippen molar-refractivity contribution < 1.29 is 4.79 Å². The quantitative estimate of drug-likeness (QED) is 0.721. The normalized spacial score (nSPS) is 12.5. The molecule has 0 aliphatic rings. The number of amides is 1. The number of imidazole rings is 1. The molecule has 0 aliphatic heterocycles. The molecule has 0 saturated carbocycles. The summed E-state index contributed by atoms with van der Waals surface area (Å²) in [5.74, 6) is 1.13. The summed E-state index contributed by atoms with van der Waals surface area (Å²) in [6, 6.07) is 17.9. The highest BCUT2D eigenvalue weighted by Gasteiger charge is 2.21. The molecule has 0 aliphatic carbocycles. The summed E-state index contributed by atoms with van der Waals surface area (Å²) in [5, 5.41) is 3.13. The molecule has 0 fully saturated rings. The van der Waals surface area contributed by atoms with Crippen molar-refractivity contribution in [2.75, 3.05) is 0 Å². The summed E-state index contributed by atoms with van der Waals surface area (Å²) >= 11 is 0. The Labute approximate surface area is 142 Å². The number of hydrogen-bond acceptors (Lipinski definition) is 2. The summed E-state index contributed by atoms with van der Waals surface area (Å²) in [5.41, 5.74) is 3.10. The maximum atomic E-state index is 12.4. The summed E-state index contributed by atoms with van der Waals surface area (Å²) in [4.78, 5) is 20.3. The molecule has 3 rings (SSSR count). The molecule has 2 aromatic carbocycles. The van der Waals surface area contributed by atoms with Gasteiger partial charge in [-0.15, -0.1) is 0 Å². The van der Waals surface area contributed by atoms with E-state index in [0.29, 0.717) is 6.42 Å². The first kappa shape index (κ1) is 16.2. The maximum Gasteiger partial charge on any atom is 0.220 e. The fraction of sp³-hybridized carbons (Fsp3) is 0.300. The minimum absolute atomic E-state index is 0.0537. The summed E-state index contributed by atoms with van der Waals surface area (Å²) in [7, 11) is 0. The molecule has 0 radical (unpaired) electrons. The minimum Gasteiger partial charge on any atom is -0.346 e. The van der Waals surface area contributed by atoms with Gasteiger partial charge in [0.1, 0.15) is 5.82 Å². The molecule has 0 unspecified atom stereocenters. The van der Waals surface area contributed by atoms with Gasteiger partial charge in [0.25, 0.3) is 0 Å². The Kier molecular flexibility index (Phi) is 4.94. The number of H-pyrrole nitrogens is 1. The number of hydrogen-bond donors (Lipinski definition) is 2. The maximum absolute atomic E-state index is 12.4. The summed E-state index contributed by atoms with van der Waals surface area (Å²) < 4.78 is 0. The number of para-hydroxylation sites is 2. The van der Waals surface area contributed by atoms with Crippen molar-refractivity contribution in [2.45, 2.75) is 32.7 Å². The summed E-state index contributed by atoms with van der Waals surface area (Å²) in [6.45, 7) is 4.19. The Hall–Kier alpha value is -2.62. The van der Waals surface area contributed by atoms with Crippen molar-refractivity contribution in [2.24, 2.45) is 5.92 Å². The van der Waals surface area contributed by atoms with Crippen LogP contribution in [0.25, 0.3) is 11.0 Å². The number of aromatic nitrogens is 2. The van der Waals surface area contributed by atoms with Crippen LogP contribution in [0.15, 0.2) is 54.6 Å². The third-order valence-electron chi connectivity index (χ3n) is 4.17. The number of carbonyl (C=O) groups is 1. The van der Waals surface area contributed by atoms with E-state index in [4.69, 9.17) is 0 Å². The lowest BCUT2D eigenvalue weighted by Gasteiger charge is -2.20. The number of fused-ring (bicyclic) bond motifs is 1. The molecular weight excluding hydrogens is 298 g/mol. The van der Waals surface area contributed by atoms with Crippen molar-refractivity contribution in [1.82, 2.24) is 15.3 Å². The van der Waals surface area contributed by atoms with Gasteiger partial charge in [0.2, 0.25) is 5.91 Å². The fourth-order valence-corrected chi connectivity index (χ4v) is 2.82. The largest absolute Gasteiger partial charge is 0.346 e. The minimum atomic E-state index is -0.110. The molecule has 0 spiro atoms. The highest BCUT2D eigenvalue weighted by molar-refractivity contribution is 5.77. The van der Waals surface area contributed by atoms with E-state index in [2.05, 4.69) is 29.1 Å². The van der Waals surface area contributed by atoms with Crippen LogP contribution in [-0.2, 0) is 11.2 Å². The van der Waals surface area contributed by atoms with Gasteiger partial charge in [-0.2, -0.15) is 0 Å². The molecule has 2 N–H and O–H groups in total. The average Bonchev–Trinajstić information content (AvgIpc) is 3.02. The predicted octanol–water partition coefficient (Wildman–Crippen LogP) is 4.01. The predicted molar refractivity (Wildman–Crippen MR) is 96.6 cm³/mol. The molecule has 1 aromatic heterocycles. The third-order valence-corrected chi connectivity index (χ3v) is 4.17. The van der Waals surface area contributed by atoms with E-state index in [1.807, 2.05) is 54.6 Å². The number of nitrogens with zero attached hydrogens (tertiary/aromatic N) is 1. The molecular formula is C20H23N3O. The highest BCUT2D eigenvalue weighted by Crippen LogP contribution is 2.22. The van der Waals surface area contributed by atoms with E-state index in [1.165, 1.54) is 5.56 Å². The SMILES string of the molecule is CC(C)[C@@H](NC(=O)CCc1ccccc1)c1nc2ccccc2[nH]1. The van der Waals surface area contributed by atoms with Crippen LogP contribution in [0.5, 0.6) is 0 Å². The van der Waals surface area contributed by atoms with Gasteiger partial charge in [0, 0.05) is 6.42 Å². The fourth-order valence-electron chi connectivity index (χ4n) is 2.82. The van der Waals surface area contributed by atoms with Crippen molar-refractivity contribution >= 4 is 16.9 Å². The Morgan fingerprint density at radius 2 is 1.79 bits per heavy atom. The Balaban J connectivity index is 1.68. The first-order valence-corrected chi connectivity index (χ1v) is 8.41. The van der Waals surface area contributed by atoms with Gasteiger partial charge in [0.05, 0.1) is 17.1 Å². The first-order valence-electron chi connectivity index (χ1n) is 8.41. The van der Waals surface area contributed by atoms with Crippen molar-refractivity contribution in [3.63, 3.8) is 0 Å². The van der Waals surface area contributed by atoms with Gasteiger partial charge in [-0.25, -0.2) is 4.98 Å². The standard InChI is InChI=1S/C20H23N3O/c1-14(2)19(20-21-16-10-6-7-11-17(16)22-20)23-18(24)13-12-15-8-4-3-5-9-15/h3-11,14,19H,12-13H2,1-2H3,(H,21,22)(H,23,24)/t19-/m1/s1. The highest BCUT2D eigenvalue weighted by atomic mass is 16.1. The van der Waals surface area contributed by atoms with Crippen molar-refractivity contribution in [3.8, 4) is 0 Å². The lowest BCUT2D eigenvalue weighted by Crippen LogP contribution is -2.32. The Bertz CT molecular complexity index is 775. The molecule has 124 valence electrons. The van der Waals surface area contributed by atoms with E-state index >= 15 is 0 Å². The first-order chi connectivity index (χ1) is 11.6. The molecule has 24 heavy (non-hydrogen) atoms. The molecule has 1 amide bonds. The molecule has 4 heteroatoms. The number of aryl methyl sites for hydroxylation is 1. The average molecular weight is 321 g/mol. The molecule has 4 nitrogen and oxygen atoms in total. The molecule has 1 atom stereocenters. The van der Waals surface area contributed by atoms with Gasteiger partial charge in [0.15, 0.2) is 0 Å². The third kappa shape index (κ3) is 3.82. The zero-order valence-corrected chi connectivity index (χ0v) is 14.1. The van der Waals surface area contributed by atoms with E-state index < -0.39 is 0 Å². The Morgan fingerprint density at radius 1 is 1.08 bits per heavy atom. The number of carbonyl (C=O) groups excluding carboxylic acids is 1. The van der Waals surface area contributed by atoms with Crippen molar-refractivity contribution in [3.05, 3.63) is 66.0 Å². The second-order valence-corrected chi connectivity index (χ2v) is 6.41. The second-order valence-electron chi connectivity index (χ2n) is 6.41.